The Morgan fingerprint density at radius 3 is 2.64 bits per heavy atom. The van der Waals surface area contributed by atoms with Gasteiger partial charge in [-0.05, 0) is 52.0 Å². The van der Waals surface area contributed by atoms with Gasteiger partial charge < -0.3 is 15.5 Å². The van der Waals surface area contributed by atoms with Crippen LogP contribution in [0.2, 0.25) is 0 Å². The maximum atomic E-state index is 13.9. The molecular formula is C18H23F2N5. The zero-order valence-corrected chi connectivity index (χ0v) is 14.5. The van der Waals surface area contributed by atoms with Crippen LogP contribution >= 0.6 is 0 Å². The highest BCUT2D eigenvalue weighted by molar-refractivity contribution is 5.58. The van der Waals surface area contributed by atoms with Crippen molar-refractivity contribution < 1.29 is 8.78 Å². The molecule has 0 amide bonds. The average molecular weight is 347 g/mol. The molecule has 0 atom stereocenters. The minimum absolute atomic E-state index is 0.195. The molecule has 0 saturated heterocycles. The number of rotatable bonds is 8. The molecule has 5 nitrogen and oxygen atoms in total. The van der Waals surface area contributed by atoms with Crippen LogP contribution in [0.15, 0.2) is 24.3 Å². The molecule has 2 aromatic rings. The first-order chi connectivity index (χ1) is 12.0. The molecule has 0 aliphatic heterocycles. The zero-order valence-electron chi connectivity index (χ0n) is 14.5. The highest BCUT2D eigenvalue weighted by atomic mass is 19.1. The Morgan fingerprint density at radius 1 is 1.16 bits per heavy atom. The number of hydrogen-bond acceptors (Lipinski definition) is 5. The molecule has 1 aliphatic carbocycles. The van der Waals surface area contributed by atoms with Gasteiger partial charge in [-0.2, -0.15) is 4.98 Å². The molecule has 0 bridgehead atoms. The second-order valence-corrected chi connectivity index (χ2v) is 6.61. The van der Waals surface area contributed by atoms with Crippen LogP contribution in [-0.4, -0.2) is 42.1 Å². The van der Waals surface area contributed by atoms with Crippen molar-refractivity contribution in [2.75, 3.05) is 37.8 Å². The molecule has 134 valence electrons. The Balaban J connectivity index is 1.73. The molecule has 1 fully saturated rings. The van der Waals surface area contributed by atoms with Gasteiger partial charge in [-0.15, -0.1) is 0 Å². The lowest BCUT2D eigenvalue weighted by atomic mass is 10.2. The van der Waals surface area contributed by atoms with E-state index in [0.717, 1.165) is 44.1 Å². The van der Waals surface area contributed by atoms with Gasteiger partial charge in [0.05, 0.1) is 11.4 Å². The highest BCUT2D eigenvalue weighted by Crippen LogP contribution is 2.40. The monoisotopic (exact) mass is 347 g/mol. The lowest BCUT2D eigenvalue weighted by Gasteiger charge is -2.13. The highest BCUT2D eigenvalue weighted by Gasteiger charge is 2.26. The standard InChI is InChI=1S/C18H23F2N5/c1-25(2)9-3-8-21-18-23-16(12-4-5-12)11-17(24-18)22-15-7-6-13(19)10-14(15)20/h6-7,10-12H,3-5,8-9H2,1-2H3,(H2,21,22,23,24). The summed E-state index contributed by atoms with van der Waals surface area (Å²) in [6.07, 6.45) is 3.20. The van der Waals surface area contributed by atoms with E-state index in [1.54, 1.807) is 0 Å². The van der Waals surface area contributed by atoms with Gasteiger partial charge in [0.2, 0.25) is 5.95 Å². The first-order valence-corrected chi connectivity index (χ1v) is 8.51. The first kappa shape index (κ1) is 17.5. The Hall–Kier alpha value is -2.28. The third-order valence-corrected chi connectivity index (χ3v) is 4.00. The summed E-state index contributed by atoms with van der Waals surface area (Å²) in [5, 5.41) is 6.16. The third-order valence-electron chi connectivity index (χ3n) is 4.00. The number of hydrogen-bond donors (Lipinski definition) is 2. The molecule has 7 heteroatoms. The summed E-state index contributed by atoms with van der Waals surface area (Å²) in [7, 11) is 4.06. The van der Waals surface area contributed by atoms with Crippen LogP contribution < -0.4 is 10.6 Å². The Bertz CT molecular complexity index is 731. The lowest BCUT2D eigenvalue weighted by Crippen LogP contribution is -2.17. The number of benzene rings is 1. The van der Waals surface area contributed by atoms with E-state index in [1.807, 2.05) is 20.2 Å². The number of halogens is 2. The fraction of sp³-hybridized carbons (Fsp3) is 0.444. The number of anilines is 3. The van der Waals surface area contributed by atoms with E-state index in [0.29, 0.717) is 17.7 Å². The maximum Gasteiger partial charge on any atom is 0.224 e. The summed E-state index contributed by atoms with van der Waals surface area (Å²) in [5.74, 6) is 0.245. The third kappa shape index (κ3) is 5.09. The molecule has 2 N–H and O–H groups in total. The zero-order chi connectivity index (χ0) is 17.8. The smallest absolute Gasteiger partial charge is 0.224 e. The van der Waals surface area contributed by atoms with Crippen molar-refractivity contribution in [3.63, 3.8) is 0 Å². The summed E-state index contributed by atoms with van der Waals surface area (Å²) >= 11 is 0. The second kappa shape index (κ2) is 7.74. The van der Waals surface area contributed by atoms with Gasteiger partial charge in [0.15, 0.2) is 0 Å². The normalized spacial score (nSPS) is 14.0. The van der Waals surface area contributed by atoms with Crippen molar-refractivity contribution in [1.82, 2.24) is 14.9 Å². The Morgan fingerprint density at radius 2 is 1.96 bits per heavy atom. The van der Waals surface area contributed by atoms with Gasteiger partial charge in [0.25, 0.3) is 0 Å². The van der Waals surface area contributed by atoms with Crippen molar-refractivity contribution in [3.05, 3.63) is 41.6 Å². The fourth-order valence-corrected chi connectivity index (χ4v) is 2.52. The molecule has 1 saturated carbocycles. The van der Waals surface area contributed by atoms with E-state index in [9.17, 15) is 8.78 Å². The number of aromatic nitrogens is 2. The van der Waals surface area contributed by atoms with Gasteiger partial charge in [-0.1, -0.05) is 0 Å². The molecule has 3 rings (SSSR count). The molecule has 1 aromatic carbocycles. The minimum Gasteiger partial charge on any atom is -0.354 e. The van der Waals surface area contributed by atoms with Crippen LogP contribution in [0.5, 0.6) is 0 Å². The maximum absolute atomic E-state index is 13.9. The average Bonchev–Trinajstić information content (AvgIpc) is 3.39. The van der Waals surface area contributed by atoms with Crippen molar-refractivity contribution in [2.45, 2.75) is 25.2 Å². The molecular weight excluding hydrogens is 324 g/mol. The summed E-state index contributed by atoms with van der Waals surface area (Å²) in [4.78, 5) is 11.1. The van der Waals surface area contributed by atoms with Gasteiger partial charge in [0.1, 0.15) is 17.5 Å². The summed E-state index contributed by atoms with van der Waals surface area (Å²) < 4.78 is 26.9. The van der Waals surface area contributed by atoms with Crippen molar-refractivity contribution >= 4 is 17.5 Å². The minimum atomic E-state index is -0.646. The topological polar surface area (TPSA) is 53.1 Å². The van der Waals surface area contributed by atoms with E-state index in [2.05, 4.69) is 25.5 Å². The van der Waals surface area contributed by atoms with Crippen LogP contribution in [0, 0.1) is 11.6 Å². The van der Waals surface area contributed by atoms with Crippen LogP contribution in [0.25, 0.3) is 0 Å². The predicted octanol–water partition coefficient (Wildman–Crippen LogP) is 3.74. The van der Waals surface area contributed by atoms with Gasteiger partial charge in [-0.25, -0.2) is 13.8 Å². The van der Waals surface area contributed by atoms with E-state index >= 15 is 0 Å². The summed E-state index contributed by atoms with van der Waals surface area (Å²) in [6, 6.07) is 5.28. The quantitative estimate of drug-likeness (QED) is 0.713. The molecule has 1 aliphatic rings. The van der Waals surface area contributed by atoms with Crippen LogP contribution in [0.3, 0.4) is 0 Å². The molecule has 1 aromatic heterocycles. The molecule has 0 unspecified atom stereocenters. The largest absolute Gasteiger partial charge is 0.354 e. The summed E-state index contributed by atoms with van der Waals surface area (Å²) in [6.45, 7) is 1.73. The van der Waals surface area contributed by atoms with Gasteiger partial charge in [0, 0.05) is 24.6 Å². The van der Waals surface area contributed by atoms with E-state index in [4.69, 9.17) is 0 Å². The van der Waals surface area contributed by atoms with Gasteiger partial charge >= 0.3 is 0 Å². The number of nitrogens with one attached hydrogen (secondary N) is 2. The SMILES string of the molecule is CN(C)CCCNc1nc(Nc2ccc(F)cc2F)cc(C2CC2)n1. The fourth-order valence-electron chi connectivity index (χ4n) is 2.52. The van der Waals surface area contributed by atoms with E-state index < -0.39 is 11.6 Å². The number of nitrogens with zero attached hydrogens (tertiary/aromatic N) is 3. The van der Waals surface area contributed by atoms with Crippen molar-refractivity contribution in [2.24, 2.45) is 0 Å². The molecule has 0 radical (unpaired) electrons. The molecule has 25 heavy (non-hydrogen) atoms. The Labute approximate surface area is 146 Å². The molecule has 1 heterocycles. The first-order valence-electron chi connectivity index (χ1n) is 8.51. The Kier molecular flexibility index (Phi) is 5.43. The van der Waals surface area contributed by atoms with E-state index in [1.165, 1.54) is 12.1 Å². The summed E-state index contributed by atoms with van der Waals surface area (Å²) in [5.41, 5.74) is 1.15. The van der Waals surface area contributed by atoms with Crippen LogP contribution in [0.4, 0.5) is 26.2 Å². The predicted molar refractivity (Wildman–Crippen MR) is 95.3 cm³/mol. The van der Waals surface area contributed by atoms with E-state index in [-0.39, 0.29) is 5.69 Å². The molecule has 0 spiro atoms. The lowest BCUT2D eigenvalue weighted by molar-refractivity contribution is 0.405. The second-order valence-electron chi connectivity index (χ2n) is 6.61. The van der Waals surface area contributed by atoms with Crippen LogP contribution in [-0.2, 0) is 0 Å². The van der Waals surface area contributed by atoms with Crippen LogP contribution in [0.1, 0.15) is 30.9 Å². The van der Waals surface area contributed by atoms with Crippen molar-refractivity contribution in [1.29, 1.82) is 0 Å². The van der Waals surface area contributed by atoms with Crippen molar-refractivity contribution in [3.8, 4) is 0 Å². The van der Waals surface area contributed by atoms with Gasteiger partial charge in [-0.3, -0.25) is 0 Å².